The van der Waals surface area contributed by atoms with E-state index in [2.05, 4.69) is 18.3 Å². The molecule has 1 aliphatic heterocycles. The molecule has 1 N–H and O–H groups in total. The van der Waals surface area contributed by atoms with Gasteiger partial charge in [-0.05, 0) is 62.9 Å². The number of nitrogens with one attached hydrogen (secondary N) is 1. The van der Waals surface area contributed by atoms with Crippen LogP contribution in [0.25, 0.3) is 0 Å². The normalized spacial score (nSPS) is 24.3. The zero-order valence-corrected chi connectivity index (χ0v) is 12.1. The standard InChI is InChI=1S/C15H22ClNO/c1-10(2)18-12-4-5-14(15(16)8-12)13-6-7-17-9-11(13)3/h4-5,8,10-11,13,17H,6-7,9H2,1-3H3. The van der Waals surface area contributed by atoms with Gasteiger partial charge in [0, 0.05) is 5.02 Å². The van der Waals surface area contributed by atoms with E-state index < -0.39 is 0 Å². The second kappa shape index (κ2) is 5.94. The Balaban J connectivity index is 2.18. The highest BCUT2D eigenvalue weighted by atomic mass is 35.5. The zero-order chi connectivity index (χ0) is 13.1. The molecule has 100 valence electrons. The molecule has 0 amide bonds. The second-order valence-corrected chi connectivity index (χ2v) is 5.83. The summed E-state index contributed by atoms with van der Waals surface area (Å²) in [6, 6.07) is 6.12. The van der Waals surface area contributed by atoms with Gasteiger partial charge in [0.15, 0.2) is 0 Å². The molecule has 1 aromatic rings. The van der Waals surface area contributed by atoms with Crippen molar-refractivity contribution in [3.63, 3.8) is 0 Å². The van der Waals surface area contributed by atoms with E-state index in [0.717, 1.165) is 30.3 Å². The van der Waals surface area contributed by atoms with E-state index in [0.29, 0.717) is 11.8 Å². The van der Waals surface area contributed by atoms with Crippen LogP contribution in [0.5, 0.6) is 5.75 Å². The first-order valence-corrected chi connectivity index (χ1v) is 7.12. The van der Waals surface area contributed by atoms with E-state index in [1.807, 2.05) is 26.0 Å². The van der Waals surface area contributed by atoms with Crippen LogP contribution in [0.1, 0.15) is 38.7 Å². The van der Waals surface area contributed by atoms with Crippen molar-refractivity contribution in [1.82, 2.24) is 5.32 Å². The molecule has 0 saturated carbocycles. The maximum absolute atomic E-state index is 6.41. The van der Waals surface area contributed by atoms with Crippen LogP contribution >= 0.6 is 11.6 Å². The number of hydrogen-bond donors (Lipinski definition) is 1. The van der Waals surface area contributed by atoms with Gasteiger partial charge in [0.2, 0.25) is 0 Å². The van der Waals surface area contributed by atoms with E-state index in [9.17, 15) is 0 Å². The molecule has 0 spiro atoms. The molecule has 0 bridgehead atoms. The summed E-state index contributed by atoms with van der Waals surface area (Å²) in [7, 11) is 0. The Labute approximate surface area is 115 Å². The fourth-order valence-corrected chi connectivity index (χ4v) is 2.94. The summed E-state index contributed by atoms with van der Waals surface area (Å²) in [6.45, 7) is 8.49. The second-order valence-electron chi connectivity index (χ2n) is 5.43. The zero-order valence-electron chi connectivity index (χ0n) is 11.4. The maximum Gasteiger partial charge on any atom is 0.121 e. The van der Waals surface area contributed by atoms with Crippen molar-refractivity contribution in [2.75, 3.05) is 13.1 Å². The number of benzene rings is 1. The van der Waals surface area contributed by atoms with Gasteiger partial charge in [-0.2, -0.15) is 0 Å². The third-order valence-electron chi connectivity index (χ3n) is 3.53. The van der Waals surface area contributed by atoms with Gasteiger partial charge in [0.1, 0.15) is 5.75 Å². The molecule has 2 atom stereocenters. The molecular weight excluding hydrogens is 246 g/mol. The predicted molar refractivity (Wildman–Crippen MR) is 76.6 cm³/mol. The van der Waals surface area contributed by atoms with Gasteiger partial charge in [-0.25, -0.2) is 0 Å². The van der Waals surface area contributed by atoms with Crippen LogP contribution in [0.2, 0.25) is 5.02 Å². The third kappa shape index (κ3) is 3.18. The summed E-state index contributed by atoms with van der Waals surface area (Å²) >= 11 is 6.41. The van der Waals surface area contributed by atoms with Gasteiger partial charge < -0.3 is 10.1 Å². The van der Waals surface area contributed by atoms with Crippen LogP contribution in [0.15, 0.2) is 18.2 Å². The van der Waals surface area contributed by atoms with Crippen LogP contribution in [-0.4, -0.2) is 19.2 Å². The highest BCUT2D eigenvalue weighted by Gasteiger charge is 2.24. The average Bonchev–Trinajstić information content (AvgIpc) is 2.30. The Morgan fingerprint density at radius 3 is 2.78 bits per heavy atom. The first kappa shape index (κ1) is 13.7. The number of piperidine rings is 1. The summed E-state index contributed by atoms with van der Waals surface area (Å²) < 4.78 is 5.67. The molecular formula is C15H22ClNO. The molecule has 2 nitrogen and oxygen atoms in total. The van der Waals surface area contributed by atoms with Crippen molar-refractivity contribution >= 4 is 11.6 Å². The lowest BCUT2D eigenvalue weighted by Gasteiger charge is -2.30. The highest BCUT2D eigenvalue weighted by Crippen LogP contribution is 2.36. The summed E-state index contributed by atoms with van der Waals surface area (Å²) in [5.41, 5.74) is 1.27. The lowest BCUT2D eigenvalue weighted by molar-refractivity contribution is 0.242. The lowest BCUT2D eigenvalue weighted by Crippen LogP contribution is -2.33. The van der Waals surface area contributed by atoms with Gasteiger partial charge in [-0.1, -0.05) is 24.6 Å². The Bertz CT molecular complexity index is 405. The van der Waals surface area contributed by atoms with Crippen LogP contribution in [0.3, 0.4) is 0 Å². The van der Waals surface area contributed by atoms with Gasteiger partial charge in [-0.3, -0.25) is 0 Å². The van der Waals surface area contributed by atoms with Gasteiger partial charge >= 0.3 is 0 Å². The molecule has 1 aliphatic rings. The first-order valence-electron chi connectivity index (χ1n) is 6.74. The van der Waals surface area contributed by atoms with E-state index in [1.54, 1.807) is 0 Å². The van der Waals surface area contributed by atoms with Crippen molar-refractivity contribution in [2.45, 2.75) is 39.2 Å². The highest BCUT2D eigenvalue weighted by molar-refractivity contribution is 6.31. The molecule has 1 aromatic carbocycles. The Morgan fingerprint density at radius 2 is 2.17 bits per heavy atom. The first-order chi connectivity index (χ1) is 8.58. The van der Waals surface area contributed by atoms with Crippen molar-refractivity contribution in [3.05, 3.63) is 28.8 Å². The predicted octanol–water partition coefficient (Wildman–Crippen LogP) is 3.84. The fourth-order valence-electron chi connectivity index (χ4n) is 2.63. The Hall–Kier alpha value is -0.730. The Kier molecular flexibility index (Phi) is 4.52. The summed E-state index contributed by atoms with van der Waals surface area (Å²) in [5, 5.41) is 4.26. The van der Waals surface area contributed by atoms with Crippen LogP contribution in [-0.2, 0) is 0 Å². The van der Waals surface area contributed by atoms with E-state index >= 15 is 0 Å². The molecule has 0 aromatic heterocycles. The number of ether oxygens (including phenoxy) is 1. The maximum atomic E-state index is 6.41. The van der Waals surface area contributed by atoms with Crippen molar-refractivity contribution in [2.24, 2.45) is 5.92 Å². The number of halogens is 1. The third-order valence-corrected chi connectivity index (χ3v) is 3.86. The van der Waals surface area contributed by atoms with Crippen molar-refractivity contribution < 1.29 is 4.74 Å². The summed E-state index contributed by atoms with van der Waals surface area (Å²) in [5.74, 6) is 2.06. The van der Waals surface area contributed by atoms with Gasteiger partial charge in [-0.15, -0.1) is 0 Å². The summed E-state index contributed by atoms with van der Waals surface area (Å²) in [6.07, 6.45) is 1.34. The minimum Gasteiger partial charge on any atom is -0.491 e. The molecule has 1 saturated heterocycles. The largest absolute Gasteiger partial charge is 0.491 e. The molecule has 3 heteroatoms. The average molecular weight is 268 g/mol. The molecule has 0 aliphatic carbocycles. The van der Waals surface area contributed by atoms with Gasteiger partial charge in [0.05, 0.1) is 6.10 Å². The minimum atomic E-state index is 0.185. The van der Waals surface area contributed by atoms with Crippen LogP contribution < -0.4 is 10.1 Å². The van der Waals surface area contributed by atoms with E-state index in [1.165, 1.54) is 5.56 Å². The molecule has 0 radical (unpaired) electrons. The number of hydrogen-bond acceptors (Lipinski definition) is 2. The lowest BCUT2D eigenvalue weighted by atomic mass is 9.82. The van der Waals surface area contributed by atoms with E-state index in [-0.39, 0.29) is 6.10 Å². The topological polar surface area (TPSA) is 21.3 Å². The quantitative estimate of drug-likeness (QED) is 0.898. The Morgan fingerprint density at radius 1 is 1.39 bits per heavy atom. The molecule has 1 fully saturated rings. The van der Waals surface area contributed by atoms with Crippen LogP contribution in [0, 0.1) is 5.92 Å². The molecule has 1 heterocycles. The van der Waals surface area contributed by atoms with Crippen molar-refractivity contribution in [3.8, 4) is 5.75 Å². The minimum absolute atomic E-state index is 0.185. The van der Waals surface area contributed by atoms with Crippen LogP contribution in [0.4, 0.5) is 0 Å². The smallest absolute Gasteiger partial charge is 0.121 e. The molecule has 2 rings (SSSR count). The van der Waals surface area contributed by atoms with Gasteiger partial charge in [0.25, 0.3) is 0 Å². The van der Waals surface area contributed by atoms with Crippen molar-refractivity contribution in [1.29, 1.82) is 0 Å². The SMILES string of the molecule is CC(C)Oc1ccc(C2CCNCC2C)c(Cl)c1. The monoisotopic (exact) mass is 267 g/mol. The molecule has 18 heavy (non-hydrogen) atoms. The molecule has 2 unspecified atom stereocenters. The number of rotatable bonds is 3. The fraction of sp³-hybridized carbons (Fsp3) is 0.600. The summed E-state index contributed by atoms with van der Waals surface area (Å²) in [4.78, 5) is 0. The van der Waals surface area contributed by atoms with E-state index in [4.69, 9.17) is 16.3 Å².